The summed E-state index contributed by atoms with van der Waals surface area (Å²) in [7, 11) is 0. The summed E-state index contributed by atoms with van der Waals surface area (Å²) in [5, 5.41) is 0.655. The minimum absolute atomic E-state index is 0.00336. The molecule has 1 unspecified atom stereocenters. The fourth-order valence-corrected chi connectivity index (χ4v) is 1.52. The van der Waals surface area contributed by atoms with E-state index >= 15 is 0 Å². The topological polar surface area (TPSA) is 17.1 Å². The van der Waals surface area contributed by atoms with Gasteiger partial charge in [0, 0.05) is 10.6 Å². The summed E-state index contributed by atoms with van der Waals surface area (Å²) in [5.74, 6) is 0.127. The summed E-state index contributed by atoms with van der Waals surface area (Å²) in [4.78, 5) is 11.5. The van der Waals surface area contributed by atoms with E-state index in [0.29, 0.717) is 10.6 Å². The Morgan fingerprint density at radius 1 is 1.54 bits per heavy atom. The van der Waals surface area contributed by atoms with Crippen LogP contribution in [0.2, 0.25) is 5.02 Å². The van der Waals surface area contributed by atoms with E-state index in [1.165, 1.54) is 0 Å². The molecule has 0 radical (unpaired) electrons. The Balaban J connectivity index is 3.04. The summed E-state index contributed by atoms with van der Waals surface area (Å²) in [6, 6.07) is 5.42. The highest BCUT2D eigenvalue weighted by molar-refractivity contribution is 14.1. The first kappa shape index (κ1) is 11.0. The van der Waals surface area contributed by atoms with Crippen LogP contribution in [0.1, 0.15) is 22.8 Å². The summed E-state index contributed by atoms with van der Waals surface area (Å²) in [6.45, 7) is 3.79. The second kappa shape index (κ2) is 4.42. The van der Waals surface area contributed by atoms with Gasteiger partial charge >= 0.3 is 0 Å². The van der Waals surface area contributed by atoms with Crippen molar-refractivity contribution in [2.45, 2.75) is 17.8 Å². The van der Waals surface area contributed by atoms with Gasteiger partial charge in [-0.1, -0.05) is 46.3 Å². The van der Waals surface area contributed by atoms with Crippen molar-refractivity contribution in [2.75, 3.05) is 0 Å². The number of aryl methyl sites for hydroxylation is 1. The second-order valence-corrected chi connectivity index (χ2v) is 5.22. The molecular formula is C10H10ClIO. The molecule has 1 aromatic rings. The number of Topliss-reactive ketones (excluding diaryl/α,β-unsaturated/α-hetero) is 1. The number of halogens is 2. The Morgan fingerprint density at radius 2 is 2.15 bits per heavy atom. The molecule has 70 valence electrons. The molecule has 0 amide bonds. The lowest BCUT2D eigenvalue weighted by Gasteiger charge is -2.04. The molecule has 0 spiro atoms. The lowest BCUT2D eigenvalue weighted by atomic mass is 10.1. The minimum Gasteiger partial charge on any atom is -0.293 e. The van der Waals surface area contributed by atoms with Crippen LogP contribution in [0.4, 0.5) is 0 Å². The lowest BCUT2D eigenvalue weighted by Crippen LogP contribution is -2.09. The monoisotopic (exact) mass is 308 g/mol. The van der Waals surface area contributed by atoms with Crippen molar-refractivity contribution in [1.29, 1.82) is 0 Å². The first-order valence-electron chi connectivity index (χ1n) is 3.97. The van der Waals surface area contributed by atoms with Crippen LogP contribution in [-0.2, 0) is 0 Å². The molecule has 0 heterocycles. The van der Waals surface area contributed by atoms with E-state index in [-0.39, 0.29) is 9.71 Å². The third kappa shape index (κ3) is 2.68. The number of ketones is 1. The highest BCUT2D eigenvalue weighted by Crippen LogP contribution is 2.19. The molecule has 1 atom stereocenters. The van der Waals surface area contributed by atoms with Crippen molar-refractivity contribution in [3.63, 3.8) is 0 Å². The van der Waals surface area contributed by atoms with Gasteiger partial charge in [0.1, 0.15) is 0 Å². The van der Waals surface area contributed by atoms with Crippen molar-refractivity contribution < 1.29 is 4.79 Å². The zero-order valence-electron chi connectivity index (χ0n) is 7.47. The summed E-state index contributed by atoms with van der Waals surface area (Å²) < 4.78 is -0.00336. The third-order valence-corrected chi connectivity index (χ3v) is 2.79. The van der Waals surface area contributed by atoms with Crippen LogP contribution in [0.5, 0.6) is 0 Å². The van der Waals surface area contributed by atoms with Gasteiger partial charge < -0.3 is 0 Å². The predicted molar refractivity (Wildman–Crippen MR) is 64.0 cm³/mol. The maximum absolute atomic E-state index is 11.5. The molecule has 0 bridgehead atoms. The van der Waals surface area contributed by atoms with Crippen molar-refractivity contribution in [3.05, 3.63) is 34.3 Å². The van der Waals surface area contributed by atoms with Crippen LogP contribution in [0, 0.1) is 6.92 Å². The quantitative estimate of drug-likeness (QED) is 0.463. The maximum atomic E-state index is 11.5. The molecule has 13 heavy (non-hydrogen) atoms. The van der Waals surface area contributed by atoms with E-state index in [2.05, 4.69) is 22.6 Å². The Labute approximate surface area is 96.6 Å². The van der Waals surface area contributed by atoms with Crippen LogP contribution in [0.3, 0.4) is 0 Å². The van der Waals surface area contributed by atoms with Gasteiger partial charge in [-0.2, -0.15) is 0 Å². The Bertz CT molecular complexity index is 334. The number of hydrogen-bond donors (Lipinski definition) is 0. The molecule has 3 heteroatoms. The van der Waals surface area contributed by atoms with Gasteiger partial charge in [-0.3, -0.25) is 4.79 Å². The molecule has 1 aromatic carbocycles. The van der Waals surface area contributed by atoms with Crippen LogP contribution >= 0.6 is 34.2 Å². The highest BCUT2D eigenvalue weighted by atomic mass is 127. The first-order valence-corrected chi connectivity index (χ1v) is 5.59. The number of benzene rings is 1. The molecule has 0 fully saturated rings. The van der Waals surface area contributed by atoms with Gasteiger partial charge in [-0.15, -0.1) is 0 Å². The zero-order chi connectivity index (χ0) is 10.0. The van der Waals surface area contributed by atoms with Crippen molar-refractivity contribution >= 4 is 40.0 Å². The van der Waals surface area contributed by atoms with E-state index < -0.39 is 0 Å². The van der Waals surface area contributed by atoms with Crippen LogP contribution in [0.15, 0.2) is 18.2 Å². The van der Waals surface area contributed by atoms with Gasteiger partial charge in [0.15, 0.2) is 5.78 Å². The van der Waals surface area contributed by atoms with E-state index in [9.17, 15) is 4.79 Å². The smallest absolute Gasteiger partial charge is 0.175 e. The standard InChI is InChI=1S/C10H10ClIO/c1-6-3-4-8(5-9(6)11)10(13)7(2)12/h3-5,7H,1-2H3. The normalized spacial score (nSPS) is 12.6. The molecule has 0 saturated carbocycles. The zero-order valence-corrected chi connectivity index (χ0v) is 10.4. The summed E-state index contributed by atoms with van der Waals surface area (Å²) in [5.41, 5.74) is 1.69. The van der Waals surface area contributed by atoms with Gasteiger partial charge in [-0.05, 0) is 25.5 Å². The number of hydrogen-bond acceptors (Lipinski definition) is 1. The number of alkyl halides is 1. The maximum Gasteiger partial charge on any atom is 0.175 e. The molecule has 0 saturated heterocycles. The fourth-order valence-electron chi connectivity index (χ4n) is 0.976. The lowest BCUT2D eigenvalue weighted by molar-refractivity contribution is 0.0998. The van der Waals surface area contributed by atoms with E-state index in [1.54, 1.807) is 6.07 Å². The van der Waals surface area contributed by atoms with Crippen molar-refractivity contribution in [1.82, 2.24) is 0 Å². The van der Waals surface area contributed by atoms with Crippen LogP contribution in [0.25, 0.3) is 0 Å². The Hall–Kier alpha value is -0.0900. The molecule has 1 nitrogen and oxygen atoms in total. The number of carbonyl (C=O) groups is 1. The third-order valence-electron chi connectivity index (χ3n) is 1.82. The SMILES string of the molecule is Cc1ccc(C(=O)C(C)I)cc1Cl. The van der Waals surface area contributed by atoms with E-state index in [1.807, 2.05) is 26.0 Å². The molecular weight excluding hydrogens is 298 g/mol. The van der Waals surface area contributed by atoms with Gasteiger partial charge in [0.2, 0.25) is 0 Å². The van der Waals surface area contributed by atoms with Gasteiger partial charge in [0.25, 0.3) is 0 Å². The largest absolute Gasteiger partial charge is 0.293 e. The molecule has 0 N–H and O–H groups in total. The van der Waals surface area contributed by atoms with Gasteiger partial charge in [-0.25, -0.2) is 0 Å². The summed E-state index contributed by atoms with van der Waals surface area (Å²) in [6.07, 6.45) is 0. The van der Waals surface area contributed by atoms with Crippen LogP contribution in [-0.4, -0.2) is 9.71 Å². The average molecular weight is 309 g/mol. The van der Waals surface area contributed by atoms with Crippen molar-refractivity contribution in [2.24, 2.45) is 0 Å². The molecule has 1 rings (SSSR count). The minimum atomic E-state index is -0.00336. The highest BCUT2D eigenvalue weighted by Gasteiger charge is 2.12. The Morgan fingerprint density at radius 3 is 2.62 bits per heavy atom. The number of rotatable bonds is 2. The van der Waals surface area contributed by atoms with E-state index in [4.69, 9.17) is 11.6 Å². The van der Waals surface area contributed by atoms with Crippen molar-refractivity contribution in [3.8, 4) is 0 Å². The molecule has 0 aliphatic rings. The van der Waals surface area contributed by atoms with Gasteiger partial charge in [0.05, 0.1) is 3.92 Å². The second-order valence-electron chi connectivity index (χ2n) is 2.94. The molecule has 0 aliphatic carbocycles. The Kier molecular flexibility index (Phi) is 3.74. The number of carbonyl (C=O) groups excluding carboxylic acids is 1. The van der Waals surface area contributed by atoms with Crippen LogP contribution < -0.4 is 0 Å². The fraction of sp³-hybridized carbons (Fsp3) is 0.300. The summed E-state index contributed by atoms with van der Waals surface area (Å²) >= 11 is 8.01. The van der Waals surface area contributed by atoms with E-state index in [0.717, 1.165) is 5.56 Å². The molecule has 0 aliphatic heterocycles. The average Bonchev–Trinajstić information content (AvgIpc) is 2.08. The predicted octanol–water partition coefficient (Wildman–Crippen LogP) is 3.65. The first-order chi connectivity index (χ1) is 6.02. The molecule has 0 aromatic heterocycles.